The van der Waals surface area contributed by atoms with Gasteiger partial charge in [-0.15, -0.1) is 11.3 Å². The van der Waals surface area contributed by atoms with Gasteiger partial charge in [0.1, 0.15) is 11.6 Å². The van der Waals surface area contributed by atoms with Crippen LogP contribution in [0.15, 0.2) is 39.0 Å². The lowest BCUT2D eigenvalue weighted by Crippen LogP contribution is -2.14. The van der Waals surface area contributed by atoms with Crippen molar-refractivity contribution in [3.05, 3.63) is 63.0 Å². The third-order valence-electron chi connectivity index (χ3n) is 4.94. The zero-order chi connectivity index (χ0) is 22.8. The van der Waals surface area contributed by atoms with Crippen LogP contribution in [0, 0.1) is 32.1 Å². The highest BCUT2D eigenvalue weighted by molar-refractivity contribution is 8.01. The Hall–Kier alpha value is -2.93. The fourth-order valence-corrected chi connectivity index (χ4v) is 5.44. The van der Waals surface area contributed by atoms with Crippen LogP contribution in [0.3, 0.4) is 0 Å². The summed E-state index contributed by atoms with van der Waals surface area (Å²) in [5.74, 6) is -0.117. The van der Waals surface area contributed by atoms with E-state index in [9.17, 15) is 10.1 Å². The Morgan fingerprint density at radius 1 is 1.31 bits per heavy atom. The number of anilines is 1. The van der Waals surface area contributed by atoms with E-state index in [0.29, 0.717) is 28.3 Å². The van der Waals surface area contributed by atoms with E-state index in [-0.39, 0.29) is 12.3 Å². The average molecular weight is 483 g/mol. The molecular formula is C22H19ClN6OS2. The van der Waals surface area contributed by atoms with Crippen LogP contribution in [0.25, 0.3) is 5.65 Å². The molecule has 3 aromatic heterocycles. The van der Waals surface area contributed by atoms with Crippen molar-refractivity contribution >= 4 is 51.9 Å². The Labute approximate surface area is 198 Å². The van der Waals surface area contributed by atoms with E-state index in [1.165, 1.54) is 18.0 Å². The van der Waals surface area contributed by atoms with Crippen molar-refractivity contribution in [2.75, 3.05) is 5.32 Å². The molecule has 4 aromatic rings. The molecule has 0 bridgehead atoms. The van der Waals surface area contributed by atoms with Crippen molar-refractivity contribution in [1.29, 1.82) is 5.26 Å². The van der Waals surface area contributed by atoms with Gasteiger partial charge in [0.15, 0.2) is 9.99 Å². The standard InChI is InChI=1S/C22H19ClN6OS2/c1-12-11-31-22(26-12)32-19-6-4-16(8-18(19)23)28-20(30)7-5-17-13(2)27-21-15(9-24)10-25-29(21)14(17)3/h4,6,8,10-11H,5,7H2,1-3H3,(H,28,30). The first-order valence-electron chi connectivity index (χ1n) is 9.79. The predicted molar refractivity (Wildman–Crippen MR) is 127 cm³/mol. The second-order valence-electron chi connectivity index (χ2n) is 7.22. The van der Waals surface area contributed by atoms with Gasteiger partial charge in [-0.05, 0) is 51.0 Å². The van der Waals surface area contributed by atoms with Crippen LogP contribution in [0.4, 0.5) is 5.69 Å². The number of hydrogen-bond donors (Lipinski definition) is 1. The average Bonchev–Trinajstić information content (AvgIpc) is 3.35. The molecule has 0 aliphatic rings. The molecule has 0 aliphatic heterocycles. The number of rotatable bonds is 6. The molecule has 0 aliphatic carbocycles. The molecule has 0 fully saturated rings. The maximum atomic E-state index is 12.6. The maximum absolute atomic E-state index is 12.6. The highest BCUT2D eigenvalue weighted by atomic mass is 35.5. The predicted octanol–water partition coefficient (Wildman–Crippen LogP) is 5.36. The summed E-state index contributed by atoms with van der Waals surface area (Å²) in [6, 6.07) is 7.57. The van der Waals surface area contributed by atoms with Gasteiger partial charge in [0.05, 0.1) is 11.2 Å². The fraction of sp³-hybridized carbons (Fsp3) is 0.227. The molecule has 0 atom stereocenters. The van der Waals surface area contributed by atoms with E-state index in [0.717, 1.165) is 31.9 Å². The minimum absolute atomic E-state index is 0.117. The molecule has 162 valence electrons. The zero-order valence-corrected chi connectivity index (χ0v) is 20.0. The van der Waals surface area contributed by atoms with Gasteiger partial charge in [0, 0.05) is 39.5 Å². The van der Waals surface area contributed by atoms with Crippen molar-refractivity contribution in [3.63, 3.8) is 0 Å². The number of nitrogens with zero attached hydrogens (tertiary/aromatic N) is 5. The van der Waals surface area contributed by atoms with E-state index in [1.807, 2.05) is 38.3 Å². The summed E-state index contributed by atoms with van der Waals surface area (Å²) in [7, 11) is 0. The number of halogens is 1. The van der Waals surface area contributed by atoms with Gasteiger partial charge in [-0.1, -0.05) is 23.4 Å². The lowest BCUT2D eigenvalue weighted by Gasteiger charge is -2.12. The van der Waals surface area contributed by atoms with Gasteiger partial charge in [-0.2, -0.15) is 10.4 Å². The van der Waals surface area contributed by atoms with Crippen LogP contribution in [0.5, 0.6) is 0 Å². The fourth-order valence-electron chi connectivity index (χ4n) is 3.35. The lowest BCUT2D eigenvalue weighted by molar-refractivity contribution is -0.116. The number of carbonyl (C=O) groups is 1. The third-order valence-corrected chi connectivity index (χ3v) is 7.50. The molecule has 0 radical (unpaired) electrons. The second kappa shape index (κ2) is 9.28. The molecule has 3 heterocycles. The highest BCUT2D eigenvalue weighted by Crippen LogP contribution is 2.36. The largest absolute Gasteiger partial charge is 0.326 e. The van der Waals surface area contributed by atoms with E-state index >= 15 is 0 Å². The van der Waals surface area contributed by atoms with E-state index < -0.39 is 0 Å². The number of carbonyl (C=O) groups excluding carboxylic acids is 1. The number of nitrogens with one attached hydrogen (secondary N) is 1. The van der Waals surface area contributed by atoms with Crippen LogP contribution < -0.4 is 5.32 Å². The maximum Gasteiger partial charge on any atom is 0.224 e. The zero-order valence-electron chi connectivity index (χ0n) is 17.6. The number of aromatic nitrogens is 4. The number of nitriles is 1. The normalized spacial score (nSPS) is 11.0. The molecule has 10 heteroatoms. The minimum Gasteiger partial charge on any atom is -0.326 e. The van der Waals surface area contributed by atoms with Crippen molar-refractivity contribution in [3.8, 4) is 6.07 Å². The summed E-state index contributed by atoms with van der Waals surface area (Å²) in [6.45, 7) is 5.76. The van der Waals surface area contributed by atoms with Crippen molar-refractivity contribution in [1.82, 2.24) is 19.6 Å². The number of aryl methyl sites for hydroxylation is 3. The van der Waals surface area contributed by atoms with E-state index in [4.69, 9.17) is 11.6 Å². The van der Waals surface area contributed by atoms with Gasteiger partial charge in [0.2, 0.25) is 5.91 Å². The van der Waals surface area contributed by atoms with Crippen molar-refractivity contribution in [2.24, 2.45) is 0 Å². The smallest absolute Gasteiger partial charge is 0.224 e. The summed E-state index contributed by atoms with van der Waals surface area (Å²) in [4.78, 5) is 22.4. The quantitative estimate of drug-likeness (QED) is 0.397. The van der Waals surface area contributed by atoms with Crippen LogP contribution in [0.1, 0.15) is 34.6 Å². The number of thiazole rings is 1. The molecule has 1 aromatic carbocycles. The van der Waals surface area contributed by atoms with Crippen LogP contribution in [0.2, 0.25) is 5.02 Å². The molecule has 0 saturated heterocycles. The van der Waals surface area contributed by atoms with Crippen molar-refractivity contribution < 1.29 is 4.79 Å². The van der Waals surface area contributed by atoms with Crippen LogP contribution in [-0.2, 0) is 11.2 Å². The van der Waals surface area contributed by atoms with Gasteiger partial charge < -0.3 is 5.32 Å². The second-order valence-corrected chi connectivity index (χ2v) is 9.77. The summed E-state index contributed by atoms with van der Waals surface area (Å²) >= 11 is 9.50. The molecule has 1 amide bonds. The highest BCUT2D eigenvalue weighted by Gasteiger charge is 2.15. The molecule has 0 unspecified atom stereocenters. The first-order valence-corrected chi connectivity index (χ1v) is 11.9. The molecular weight excluding hydrogens is 464 g/mol. The Bertz CT molecular complexity index is 1370. The number of benzene rings is 1. The van der Waals surface area contributed by atoms with Gasteiger partial charge >= 0.3 is 0 Å². The number of hydrogen-bond acceptors (Lipinski definition) is 7. The molecule has 32 heavy (non-hydrogen) atoms. The number of amides is 1. The lowest BCUT2D eigenvalue weighted by atomic mass is 10.1. The Morgan fingerprint density at radius 2 is 2.12 bits per heavy atom. The Morgan fingerprint density at radius 3 is 2.81 bits per heavy atom. The first kappa shape index (κ1) is 22.3. The van der Waals surface area contributed by atoms with Gasteiger partial charge in [0.25, 0.3) is 0 Å². The van der Waals surface area contributed by atoms with E-state index in [1.54, 1.807) is 21.9 Å². The van der Waals surface area contributed by atoms with Crippen molar-refractivity contribution in [2.45, 2.75) is 42.8 Å². The number of fused-ring (bicyclic) bond motifs is 1. The molecule has 7 nitrogen and oxygen atoms in total. The molecule has 1 N–H and O–H groups in total. The Balaban J connectivity index is 1.42. The van der Waals surface area contributed by atoms with Gasteiger partial charge in [-0.3, -0.25) is 4.79 Å². The topological polar surface area (TPSA) is 96.0 Å². The SMILES string of the molecule is Cc1csc(Sc2ccc(NC(=O)CCc3c(C)nc4c(C#N)cnn4c3C)cc2Cl)n1. The molecule has 4 rings (SSSR count). The van der Waals surface area contributed by atoms with Gasteiger partial charge in [-0.25, -0.2) is 14.5 Å². The monoisotopic (exact) mass is 482 g/mol. The first-order chi connectivity index (χ1) is 15.4. The van der Waals surface area contributed by atoms with Crippen LogP contribution >= 0.6 is 34.7 Å². The summed E-state index contributed by atoms with van der Waals surface area (Å²) < 4.78 is 2.58. The summed E-state index contributed by atoms with van der Waals surface area (Å²) in [5, 5.41) is 18.9. The summed E-state index contributed by atoms with van der Waals surface area (Å²) in [6.07, 6.45) is 2.31. The minimum atomic E-state index is -0.117. The Kier molecular flexibility index (Phi) is 6.46. The molecule has 0 saturated carbocycles. The van der Waals surface area contributed by atoms with Crippen LogP contribution in [-0.4, -0.2) is 25.5 Å². The molecule has 0 spiro atoms. The summed E-state index contributed by atoms with van der Waals surface area (Å²) in [5.41, 5.74) is 5.22. The third kappa shape index (κ3) is 4.63. The van der Waals surface area contributed by atoms with E-state index in [2.05, 4.69) is 26.5 Å².